The van der Waals surface area contributed by atoms with E-state index >= 15 is 0 Å². The van der Waals surface area contributed by atoms with Gasteiger partial charge in [-0.3, -0.25) is 4.79 Å². The van der Waals surface area contributed by atoms with E-state index in [1.807, 2.05) is 0 Å². The molecule has 3 nitrogen and oxygen atoms in total. The maximum atomic E-state index is 11.3. The molecule has 1 saturated carbocycles. The lowest BCUT2D eigenvalue weighted by atomic mass is 9.99. The third kappa shape index (κ3) is 2.99. The molecule has 3 heteroatoms. The number of carbonyl (C=O) groups excluding carboxylic acids is 1. The zero-order valence-corrected chi connectivity index (χ0v) is 9.05. The fraction of sp³-hybridized carbons (Fsp3) is 0.900. The number of likely N-dealkylation sites (N-methyl/N-ethyl adjacent to an activating group) is 1. The van der Waals surface area contributed by atoms with Crippen LogP contribution >= 0.6 is 0 Å². The molecule has 0 heterocycles. The summed E-state index contributed by atoms with van der Waals surface area (Å²) in [6, 6.07) is 0. The summed E-state index contributed by atoms with van der Waals surface area (Å²) >= 11 is 0. The van der Waals surface area contributed by atoms with Crippen LogP contribution in [-0.2, 0) is 4.79 Å². The SMILES string of the molecule is CN(C)C(=O)CNC(C)(C)C1CC1. The van der Waals surface area contributed by atoms with E-state index in [9.17, 15) is 4.79 Å². The molecule has 0 radical (unpaired) electrons. The Morgan fingerprint density at radius 1 is 1.46 bits per heavy atom. The van der Waals surface area contributed by atoms with E-state index in [2.05, 4.69) is 19.2 Å². The van der Waals surface area contributed by atoms with E-state index < -0.39 is 0 Å². The average molecular weight is 184 g/mol. The lowest BCUT2D eigenvalue weighted by Gasteiger charge is -2.26. The van der Waals surface area contributed by atoms with Crippen molar-refractivity contribution in [1.29, 1.82) is 0 Å². The predicted molar refractivity (Wildman–Crippen MR) is 53.5 cm³/mol. The van der Waals surface area contributed by atoms with Crippen molar-refractivity contribution in [1.82, 2.24) is 10.2 Å². The zero-order chi connectivity index (χ0) is 10.1. The number of carbonyl (C=O) groups is 1. The highest BCUT2D eigenvalue weighted by atomic mass is 16.2. The summed E-state index contributed by atoms with van der Waals surface area (Å²) < 4.78 is 0. The number of hydrogen-bond donors (Lipinski definition) is 1. The molecule has 0 unspecified atom stereocenters. The van der Waals surface area contributed by atoms with Crippen LogP contribution in [0.15, 0.2) is 0 Å². The molecule has 1 amide bonds. The van der Waals surface area contributed by atoms with Gasteiger partial charge in [-0.25, -0.2) is 0 Å². The van der Waals surface area contributed by atoms with Gasteiger partial charge in [-0.05, 0) is 32.6 Å². The van der Waals surface area contributed by atoms with E-state index in [1.165, 1.54) is 12.8 Å². The standard InChI is InChI=1S/C10H20N2O/c1-10(2,8-5-6-8)11-7-9(13)12(3)4/h8,11H,5-7H2,1-4H3. The van der Waals surface area contributed by atoms with Crippen LogP contribution < -0.4 is 5.32 Å². The van der Waals surface area contributed by atoms with Gasteiger partial charge in [-0.1, -0.05) is 0 Å². The predicted octanol–water partition coefficient (Wildman–Crippen LogP) is 0.853. The van der Waals surface area contributed by atoms with Crippen molar-refractivity contribution in [2.24, 2.45) is 5.92 Å². The van der Waals surface area contributed by atoms with E-state index in [-0.39, 0.29) is 11.4 Å². The molecular formula is C10H20N2O. The van der Waals surface area contributed by atoms with Crippen LogP contribution in [0, 0.1) is 5.92 Å². The summed E-state index contributed by atoms with van der Waals surface area (Å²) in [4.78, 5) is 12.9. The van der Waals surface area contributed by atoms with Gasteiger partial charge in [0.2, 0.25) is 5.91 Å². The van der Waals surface area contributed by atoms with E-state index in [1.54, 1.807) is 19.0 Å². The van der Waals surface area contributed by atoms with E-state index in [0.29, 0.717) is 6.54 Å². The second-order valence-electron chi connectivity index (χ2n) is 4.64. The maximum Gasteiger partial charge on any atom is 0.236 e. The fourth-order valence-electron chi connectivity index (χ4n) is 1.41. The van der Waals surface area contributed by atoms with Crippen molar-refractivity contribution in [3.05, 3.63) is 0 Å². The molecule has 1 rings (SSSR count). The molecule has 0 spiro atoms. The smallest absolute Gasteiger partial charge is 0.236 e. The first-order chi connectivity index (χ1) is 5.93. The number of amides is 1. The van der Waals surface area contributed by atoms with Gasteiger partial charge in [0, 0.05) is 19.6 Å². The van der Waals surface area contributed by atoms with Gasteiger partial charge in [-0.2, -0.15) is 0 Å². The Balaban J connectivity index is 2.28. The average Bonchev–Trinajstić information content (AvgIpc) is 2.81. The molecule has 1 N–H and O–H groups in total. The van der Waals surface area contributed by atoms with Crippen LogP contribution in [0.1, 0.15) is 26.7 Å². The molecule has 0 atom stereocenters. The van der Waals surface area contributed by atoms with Crippen molar-refractivity contribution >= 4 is 5.91 Å². The Morgan fingerprint density at radius 2 is 2.00 bits per heavy atom. The Labute approximate surface area is 80.5 Å². The van der Waals surface area contributed by atoms with Gasteiger partial charge in [0.05, 0.1) is 6.54 Å². The van der Waals surface area contributed by atoms with Crippen molar-refractivity contribution in [3.8, 4) is 0 Å². The first-order valence-electron chi connectivity index (χ1n) is 4.88. The van der Waals surface area contributed by atoms with Gasteiger partial charge in [0.25, 0.3) is 0 Å². The Bertz CT molecular complexity index is 195. The number of nitrogens with one attached hydrogen (secondary N) is 1. The highest BCUT2D eigenvalue weighted by Gasteiger charge is 2.37. The normalized spacial score (nSPS) is 17.2. The Morgan fingerprint density at radius 3 is 2.38 bits per heavy atom. The van der Waals surface area contributed by atoms with Crippen molar-refractivity contribution in [2.45, 2.75) is 32.2 Å². The molecule has 0 aromatic carbocycles. The van der Waals surface area contributed by atoms with Crippen LogP contribution in [0.5, 0.6) is 0 Å². The number of rotatable bonds is 4. The maximum absolute atomic E-state index is 11.3. The summed E-state index contributed by atoms with van der Waals surface area (Å²) in [6.45, 7) is 4.80. The van der Waals surface area contributed by atoms with Gasteiger partial charge in [0.15, 0.2) is 0 Å². The lowest BCUT2D eigenvalue weighted by Crippen LogP contribution is -2.46. The molecule has 13 heavy (non-hydrogen) atoms. The summed E-state index contributed by atoms with van der Waals surface area (Å²) in [6.07, 6.45) is 2.60. The van der Waals surface area contributed by atoms with Gasteiger partial charge in [0.1, 0.15) is 0 Å². The molecular weight excluding hydrogens is 164 g/mol. The minimum absolute atomic E-state index is 0.131. The molecule has 0 aliphatic heterocycles. The Hall–Kier alpha value is -0.570. The van der Waals surface area contributed by atoms with Crippen LogP contribution in [0.2, 0.25) is 0 Å². The van der Waals surface area contributed by atoms with E-state index in [0.717, 1.165) is 5.92 Å². The molecule has 1 aliphatic carbocycles. The van der Waals surface area contributed by atoms with Crippen LogP contribution in [0.3, 0.4) is 0 Å². The van der Waals surface area contributed by atoms with Gasteiger partial charge in [-0.15, -0.1) is 0 Å². The van der Waals surface area contributed by atoms with Crippen molar-refractivity contribution in [3.63, 3.8) is 0 Å². The minimum Gasteiger partial charge on any atom is -0.348 e. The zero-order valence-electron chi connectivity index (χ0n) is 9.05. The first-order valence-corrected chi connectivity index (χ1v) is 4.88. The summed E-state index contributed by atoms with van der Waals surface area (Å²) in [5, 5.41) is 3.31. The number of hydrogen-bond acceptors (Lipinski definition) is 2. The largest absolute Gasteiger partial charge is 0.348 e. The molecule has 76 valence electrons. The highest BCUT2D eigenvalue weighted by molar-refractivity contribution is 5.77. The van der Waals surface area contributed by atoms with Crippen LogP contribution in [0.25, 0.3) is 0 Å². The van der Waals surface area contributed by atoms with Gasteiger partial charge < -0.3 is 10.2 Å². The second-order valence-corrected chi connectivity index (χ2v) is 4.64. The monoisotopic (exact) mass is 184 g/mol. The van der Waals surface area contributed by atoms with Gasteiger partial charge >= 0.3 is 0 Å². The van der Waals surface area contributed by atoms with Crippen LogP contribution in [0.4, 0.5) is 0 Å². The van der Waals surface area contributed by atoms with Crippen molar-refractivity contribution < 1.29 is 4.79 Å². The second kappa shape index (κ2) is 3.66. The molecule has 0 bridgehead atoms. The summed E-state index contributed by atoms with van der Waals surface area (Å²) in [5.74, 6) is 0.913. The molecule has 0 saturated heterocycles. The topological polar surface area (TPSA) is 32.3 Å². The molecule has 0 aromatic rings. The number of nitrogens with zero attached hydrogens (tertiary/aromatic N) is 1. The van der Waals surface area contributed by atoms with Crippen LogP contribution in [-0.4, -0.2) is 37.0 Å². The summed E-state index contributed by atoms with van der Waals surface area (Å²) in [5.41, 5.74) is 0.131. The van der Waals surface area contributed by atoms with E-state index in [4.69, 9.17) is 0 Å². The summed E-state index contributed by atoms with van der Waals surface area (Å²) in [7, 11) is 3.57. The fourth-order valence-corrected chi connectivity index (χ4v) is 1.41. The minimum atomic E-state index is 0.131. The molecule has 1 aliphatic rings. The van der Waals surface area contributed by atoms with Crippen molar-refractivity contribution in [2.75, 3.05) is 20.6 Å². The quantitative estimate of drug-likeness (QED) is 0.702. The molecule has 1 fully saturated rings. The Kier molecular flexibility index (Phi) is 2.96. The third-order valence-corrected chi connectivity index (χ3v) is 2.79. The third-order valence-electron chi connectivity index (χ3n) is 2.79. The highest BCUT2D eigenvalue weighted by Crippen LogP contribution is 2.38. The lowest BCUT2D eigenvalue weighted by molar-refractivity contribution is -0.128. The first kappa shape index (κ1) is 10.5. The molecule has 0 aromatic heterocycles.